The maximum absolute atomic E-state index is 13.3. The molecule has 17 heavy (non-hydrogen) atoms. The highest BCUT2D eigenvalue weighted by atomic mass is 19.2. The van der Waals surface area contributed by atoms with Gasteiger partial charge in [0, 0.05) is 0 Å². The summed E-state index contributed by atoms with van der Waals surface area (Å²) in [5.41, 5.74) is -0.357. The van der Waals surface area contributed by atoms with Gasteiger partial charge in [0.15, 0.2) is 11.6 Å². The van der Waals surface area contributed by atoms with E-state index in [1.165, 1.54) is 12.1 Å². The Kier molecular flexibility index (Phi) is 4.57. The maximum atomic E-state index is 13.3. The minimum Gasteiger partial charge on any atom is -0.394 e. The molecule has 1 rings (SSSR count). The van der Waals surface area contributed by atoms with Crippen LogP contribution in [0.25, 0.3) is 0 Å². The van der Waals surface area contributed by atoms with Crippen LogP contribution in [0.2, 0.25) is 0 Å². The molecule has 0 fully saturated rings. The number of aliphatic hydroxyl groups excluding tert-OH is 1. The predicted molar refractivity (Wildman–Crippen MR) is 59.5 cm³/mol. The van der Waals surface area contributed by atoms with Gasteiger partial charge in [-0.1, -0.05) is 19.9 Å². The highest BCUT2D eigenvalue weighted by molar-refractivity contribution is 5.94. The van der Waals surface area contributed by atoms with Crippen molar-refractivity contribution in [1.29, 1.82) is 0 Å². The average molecular weight is 243 g/mol. The van der Waals surface area contributed by atoms with E-state index in [-0.39, 0.29) is 18.1 Å². The van der Waals surface area contributed by atoms with Crippen LogP contribution in [-0.4, -0.2) is 23.7 Å². The van der Waals surface area contributed by atoms with Crippen molar-refractivity contribution in [3.8, 4) is 0 Å². The topological polar surface area (TPSA) is 49.3 Å². The number of aliphatic hydroxyl groups is 1. The van der Waals surface area contributed by atoms with Crippen LogP contribution in [0.15, 0.2) is 18.2 Å². The molecule has 1 atom stereocenters. The summed E-state index contributed by atoms with van der Waals surface area (Å²) in [6, 6.07) is 2.92. The van der Waals surface area contributed by atoms with Gasteiger partial charge in [-0.05, 0) is 18.1 Å². The third-order valence-electron chi connectivity index (χ3n) is 2.51. The molecule has 2 N–H and O–H groups in total. The minimum absolute atomic E-state index is 0.000528. The lowest BCUT2D eigenvalue weighted by atomic mass is 10.0. The average Bonchev–Trinajstić information content (AvgIpc) is 2.28. The van der Waals surface area contributed by atoms with Gasteiger partial charge >= 0.3 is 0 Å². The Morgan fingerprint density at radius 3 is 2.59 bits per heavy atom. The number of benzene rings is 1. The molecule has 5 heteroatoms. The first-order valence-corrected chi connectivity index (χ1v) is 5.33. The molecular weight excluding hydrogens is 228 g/mol. The number of carbonyl (C=O) groups is 1. The Balaban J connectivity index is 2.86. The van der Waals surface area contributed by atoms with Gasteiger partial charge in [0.1, 0.15) is 0 Å². The molecule has 0 aliphatic carbocycles. The number of rotatable bonds is 4. The van der Waals surface area contributed by atoms with Crippen LogP contribution in [0.1, 0.15) is 24.2 Å². The molecule has 0 aromatic heterocycles. The van der Waals surface area contributed by atoms with Crippen LogP contribution in [0, 0.1) is 17.6 Å². The van der Waals surface area contributed by atoms with Crippen LogP contribution in [0.3, 0.4) is 0 Å². The third kappa shape index (κ3) is 3.23. The summed E-state index contributed by atoms with van der Waals surface area (Å²) < 4.78 is 26.2. The summed E-state index contributed by atoms with van der Waals surface area (Å²) >= 11 is 0. The summed E-state index contributed by atoms with van der Waals surface area (Å²) in [5.74, 6) is -2.97. The lowest BCUT2D eigenvalue weighted by molar-refractivity contribution is 0.0891. The van der Waals surface area contributed by atoms with Gasteiger partial charge in [-0.3, -0.25) is 4.79 Å². The molecule has 94 valence electrons. The van der Waals surface area contributed by atoms with Gasteiger partial charge in [0.05, 0.1) is 18.2 Å². The van der Waals surface area contributed by atoms with Crippen molar-refractivity contribution < 1.29 is 18.7 Å². The van der Waals surface area contributed by atoms with Gasteiger partial charge in [0.25, 0.3) is 5.91 Å². The van der Waals surface area contributed by atoms with Crippen molar-refractivity contribution in [3.05, 3.63) is 35.4 Å². The predicted octanol–water partition coefficient (Wildman–Crippen LogP) is 1.71. The molecule has 0 radical (unpaired) electrons. The largest absolute Gasteiger partial charge is 0.394 e. The van der Waals surface area contributed by atoms with E-state index < -0.39 is 23.6 Å². The SMILES string of the molecule is CC(C)C(CO)NC(=O)c1cccc(F)c1F. The van der Waals surface area contributed by atoms with Gasteiger partial charge < -0.3 is 10.4 Å². The zero-order valence-electron chi connectivity index (χ0n) is 9.71. The van der Waals surface area contributed by atoms with E-state index >= 15 is 0 Å². The fourth-order valence-corrected chi connectivity index (χ4v) is 1.35. The lowest BCUT2D eigenvalue weighted by Crippen LogP contribution is -2.41. The summed E-state index contributed by atoms with van der Waals surface area (Å²) in [4.78, 5) is 11.7. The number of hydrogen-bond donors (Lipinski definition) is 2. The first-order valence-electron chi connectivity index (χ1n) is 5.33. The Hall–Kier alpha value is -1.49. The van der Waals surface area contributed by atoms with Gasteiger partial charge in [-0.15, -0.1) is 0 Å². The molecule has 0 saturated heterocycles. The van der Waals surface area contributed by atoms with Gasteiger partial charge in [0.2, 0.25) is 0 Å². The Bertz CT molecular complexity index is 407. The maximum Gasteiger partial charge on any atom is 0.254 e. The van der Waals surface area contributed by atoms with E-state index in [0.717, 1.165) is 6.07 Å². The standard InChI is InChI=1S/C12H15F2NO2/c1-7(2)10(6-16)15-12(17)8-4-3-5-9(13)11(8)14/h3-5,7,10,16H,6H2,1-2H3,(H,15,17). The highest BCUT2D eigenvalue weighted by Crippen LogP contribution is 2.12. The second-order valence-corrected chi connectivity index (χ2v) is 4.11. The zero-order chi connectivity index (χ0) is 13.0. The van der Waals surface area contributed by atoms with E-state index in [2.05, 4.69) is 5.32 Å². The Morgan fingerprint density at radius 1 is 1.41 bits per heavy atom. The van der Waals surface area contributed by atoms with Crippen molar-refractivity contribution >= 4 is 5.91 Å². The molecule has 0 saturated carbocycles. The fraction of sp³-hybridized carbons (Fsp3) is 0.417. The van der Waals surface area contributed by atoms with E-state index in [1.54, 1.807) is 0 Å². The molecule has 0 spiro atoms. The molecule has 0 heterocycles. The number of hydrogen-bond acceptors (Lipinski definition) is 2. The van der Waals surface area contributed by atoms with Crippen molar-refractivity contribution in [2.75, 3.05) is 6.61 Å². The van der Waals surface area contributed by atoms with Crippen LogP contribution in [-0.2, 0) is 0 Å². The van der Waals surface area contributed by atoms with Crippen LogP contribution in [0.5, 0.6) is 0 Å². The second-order valence-electron chi connectivity index (χ2n) is 4.11. The van der Waals surface area contributed by atoms with E-state index in [0.29, 0.717) is 0 Å². The van der Waals surface area contributed by atoms with Crippen molar-refractivity contribution in [1.82, 2.24) is 5.32 Å². The number of nitrogens with one attached hydrogen (secondary N) is 1. The van der Waals surface area contributed by atoms with Crippen molar-refractivity contribution in [2.45, 2.75) is 19.9 Å². The molecule has 1 aromatic rings. The monoisotopic (exact) mass is 243 g/mol. The van der Waals surface area contributed by atoms with Gasteiger partial charge in [-0.2, -0.15) is 0 Å². The summed E-state index contributed by atoms with van der Waals surface area (Å²) in [6.45, 7) is 3.37. The quantitative estimate of drug-likeness (QED) is 0.845. The molecule has 0 bridgehead atoms. The number of halogens is 2. The molecule has 1 unspecified atom stereocenters. The minimum atomic E-state index is -1.18. The third-order valence-corrected chi connectivity index (χ3v) is 2.51. The highest BCUT2D eigenvalue weighted by Gasteiger charge is 2.19. The Labute approximate surface area is 98.5 Å². The molecule has 0 aliphatic heterocycles. The van der Waals surface area contributed by atoms with Crippen LogP contribution in [0.4, 0.5) is 8.78 Å². The summed E-state index contributed by atoms with van der Waals surface area (Å²) in [7, 11) is 0. The molecule has 1 aromatic carbocycles. The van der Waals surface area contributed by atoms with Crippen LogP contribution >= 0.6 is 0 Å². The van der Waals surface area contributed by atoms with Crippen LogP contribution < -0.4 is 5.32 Å². The number of carbonyl (C=O) groups excluding carboxylic acids is 1. The van der Waals surface area contributed by atoms with Crippen molar-refractivity contribution in [2.24, 2.45) is 5.92 Å². The molecule has 1 amide bonds. The summed E-state index contributed by atoms with van der Waals surface area (Å²) in [5, 5.41) is 11.5. The first kappa shape index (κ1) is 13.6. The van der Waals surface area contributed by atoms with E-state index in [9.17, 15) is 13.6 Å². The fourth-order valence-electron chi connectivity index (χ4n) is 1.35. The van der Waals surface area contributed by atoms with E-state index in [1.807, 2.05) is 13.8 Å². The molecule has 3 nitrogen and oxygen atoms in total. The molecular formula is C12H15F2NO2. The molecule has 0 aliphatic rings. The number of amides is 1. The van der Waals surface area contributed by atoms with E-state index in [4.69, 9.17) is 5.11 Å². The van der Waals surface area contributed by atoms with Crippen molar-refractivity contribution in [3.63, 3.8) is 0 Å². The lowest BCUT2D eigenvalue weighted by Gasteiger charge is -2.20. The first-order chi connectivity index (χ1) is 7.97. The van der Waals surface area contributed by atoms with Gasteiger partial charge in [-0.25, -0.2) is 8.78 Å². The summed E-state index contributed by atoms with van der Waals surface area (Å²) in [6.07, 6.45) is 0. The second kappa shape index (κ2) is 5.72. The Morgan fingerprint density at radius 2 is 2.06 bits per heavy atom. The smallest absolute Gasteiger partial charge is 0.254 e. The zero-order valence-corrected chi connectivity index (χ0v) is 9.71. The normalized spacial score (nSPS) is 12.6.